The van der Waals surface area contributed by atoms with E-state index in [9.17, 15) is 14.4 Å². The molecule has 1 aliphatic heterocycles. The van der Waals surface area contributed by atoms with E-state index in [0.29, 0.717) is 42.8 Å². The number of para-hydroxylation sites is 1. The Morgan fingerprint density at radius 1 is 1.38 bits per heavy atom. The van der Waals surface area contributed by atoms with Crippen molar-refractivity contribution in [2.75, 3.05) is 26.7 Å². The van der Waals surface area contributed by atoms with E-state index in [4.69, 9.17) is 0 Å². The molecule has 0 aliphatic carbocycles. The summed E-state index contributed by atoms with van der Waals surface area (Å²) in [5, 5.41) is 3.37. The Bertz CT molecular complexity index is 879. The number of H-pyrrole nitrogens is 1. The molecule has 0 unspecified atom stereocenters. The number of urea groups is 1. The number of amides is 3. The van der Waals surface area contributed by atoms with Crippen molar-refractivity contribution in [3.05, 3.63) is 40.4 Å². The number of fused-ring (bicyclic) bond motifs is 1. The van der Waals surface area contributed by atoms with Crippen molar-refractivity contribution in [3.8, 4) is 0 Å². The van der Waals surface area contributed by atoms with Gasteiger partial charge < -0.3 is 20.1 Å². The number of nitrogens with one attached hydrogen (secondary N) is 2. The largest absolute Gasteiger partial charge is 0.343 e. The van der Waals surface area contributed by atoms with Crippen LogP contribution in [-0.2, 0) is 11.3 Å². The Morgan fingerprint density at radius 3 is 2.88 bits per heavy atom. The molecular formula is C18H23N5O3. The fourth-order valence-electron chi connectivity index (χ4n) is 3.17. The molecule has 138 valence electrons. The summed E-state index contributed by atoms with van der Waals surface area (Å²) in [4.78, 5) is 46.5. The average Bonchev–Trinajstić information content (AvgIpc) is 2.99. The summed E-state index contributed by atoms with van der Waals surface area (Å²) in [7, 11) is 1.64. The molecule has 3 rings (SSSR count). The first kappa shape index (κ1) is 17.9. The van der Waals surface area contributed by atoms with E-state index in [-0.39, 0.29) is 30.0 Å². The standard InChI is InChI=1S/C18H23N5O3/c1-3-23-10-12(8-16(23)24)9-19-18(26)22(2)11-15-20-14-7-5-4-6-13(14)17(25)21-15/h4-7,12H,3,8-11H2,1-2H3,(H,19,26)(H,20,21,25)/t12-/m1/s1. The zero-order valence-corrected chi connectivity index (χ0v) is 15.0. The van der Waals surface area contributed by atoms with E-state index in [1.807, 2.05) is 13.0 Å². The van der Waals surface area contributed by atoms with Crippen LogP contribution in [0, 0.1) is 5.92 Å². The Balaban J connectivity index is 1.58. The Hall–Kier alpha value is -2.90. The van der Waals surface area contributed by atoms with Gasteiger partial charge in [0.05, 0.1) is 17.4 Å². The highest BCUT2D eigenvalue weighted by Gasteiger charge is 2.28. The molecule has 0 bridgehead atoms. The number of carbonyl (C=O) groups is 2. The van der Waals surface area contributed by atoms with Crippen LogP contribution in [0.15, 0.2) is 29.1 Å². The minimum absolute atomic E-state index is 0.137. The predicted octanol–water partition coefficient (Wildman–Crippen LogP) is 0.933. The summed E-state index contributed by atoms with van der Waals surface area (Å²) in [6.45, 7) is 3.97. The Morgan fingerprint density at radius 2 is 2.15 bits per heavy atom. The number of likely N-dealkylation sites (tertiary alicyclic amines) is 1. The van der Waals surface area contributed by atoms with Crippen LogP contribution in [0.5, 0.6) is 0 Å². The number of hydrogen-bond donors (Lipinski definition) is 2. The van der Waals surface area contributed by atoms with Gasteiger partial charge in [0.15, 0.2) is 0 Å². The van der Waals surface area contributed by atoms with Crippen LogP contribution >= 0.6 is 0 Å². The normalized spacial score (nSPS) is 16.9. The summed E-state index contributed by atoms with van der Waals surface area (Å²) in [6, 6.07) is 6.82. The number of aromatic amines is 1. The maximum atomic E-state index is 12.3. The summed E-state index contributed by atoms with van der Waals surface area (Å²) in [5.74, 6) is 0.705. The third-order valence-electron chi connectivity index (χ3n) is 4.61. The second kappa shape index (κ2) is 7.55. The van der Waals surface area contributed by atoms with Crippen molar-refractivity contribution in [2.24, 2.45) is 5.92 Å². The zero-order valence-electron chi connectivity index (χ0n) is 15.0. The van der Waals surface area contributed by atoms with Crippen LogP contribution in [0.4, 0.5) is 4.79 Å². The highest BCUT2D eigenvalue weighted by Crippen LogP contribution is 2.16. The summed E-state index contributed by atoms with van der Waals surface area (Å²) in [6.07, 6.45) is 0.470. The van der Waals surface area contributed by atoms with Gasteiger partial charge in [-0.3, -0.25) is 9.59 Å². The molecule has 1 fully saturated rings. The van der Waals surface area contributed by atoms with Crippen molar-refractivity contribution in [1.82, 2.24) is 25.1 Å². The van der Waals surface area contributed by atoms with Crippen molar-refractivity contribution < 1.29 is 9.59 Å². The second-order valence-electron chi connectivity index (χ2n) is 6.57. The van der Waals surface area contributed by atoms with Gasteiger partial charge in [-0.15, -0.1) is 0 Å². The van der Waals surface area contributed by atoms with Crippen LogP contribution in [0.1, 0.15) is 19.2 Å². The molecule has 1 aromatic heterocycles. The molecule has 2 N–H and O–H groups in total. The number of nitrogens with zero attached hydrogens (tertiary/aromatic N) is 3. The molecule has 1 aromatic carbocycles. The molecule has 0 radical (unpaired) electrons. The molecule has 8 heteroatoms. The van der Waals surface area contributed by atoms with E-state index < -0.39 is 0 Å². The minimum Gasteiger partial charge on any atom is -0.343 e. The molecule has 26 heavy (non-hydrogen) atoms. The van der Waals surface area contributed by atoms with E-state index >= 15 is 0 Å². The summed E-state index contributed by atoms with van der Waals surface area (Å²) >= 11 is 0. The van der Waals surface area contributed by atoms with Crippen LogP contribution in [0.2, 0.25) is 0 Å². The predicted molar refractivity (Wildman–Crippen MR) is 97.6 cm³/mol. The molecule has 1 atom stereocenters. The van der Waals surface area contributed by atoms with Crippen molar-refractivity contribution in [2.45, 2.75) is 19.9 Å². The van der Waals surface area contributed by atoms with E-state index in [0.717, 1.165) is 0 Å². The Kier molecular flexibility index (Phi) is 5.20. The number of hydrogen-bond acceptors (Lipinski definition) is 4. The second-order valence-corrected chi connectivity index (χ2v) is 6.57. The molecule has 1 saturated heterocycles. The monoisotopic (exact) mass is 357 g/mol. The summed E-state index contributed by atoms with van der Waals surface area (Å²) < 4.78 is 0. The van der Waals surface area contributed by atoms with Crippen LogP contribution in [0.25, 0.3) is 10.9 Å². The lowest BCUT2D eigenvalue weighted by atomic mass is 10.1. The quantitative estimate of drug-likeness (QED) is 0.832. The molecule has 2 heterocycles. The molecular weight excluding hydrogens is 334 g/mol. The summed E-state index contributed by atoms with van der Waals surface area (Å²) in [5.41, 5.74) is 0.382. The third kappa shape index (κ3) is 3.84. The van der Waals surface area contributed by atoms with Gasteiger partial charge in [-0.05, 0) is 19.1 Å². The fourth-order valence-corrected chi connectivity index (χ4v) is 3.17. The lowest BCUT2D eigenvalue weighted by Gasteiger charge is -2.19. The number of aromatic nitrogens is 2. The number of carbonyl (C=O) groups excluding carboxylic acids is 2. The fraction of sp³-hybridized carbons (Fsp3) is 0.444. The number of benzene rings is 1. The van der Waals surface area contributed by atoms with E-state index in [1.165, 1.54) is 4.90 Å². The van der Waals surface area contributed by atoms with Crippen molar-refractivity contribution in [1.29, 1.82) is 0 Å². The minimum atomic E-state index is -0.261. The van der Waals surface area contributed by atoms with Gasteiger partial charge in [-0.2, -0.15) is 0 Å². The van der Waals surface area contributed by atoms with Crippen LogP contribution in [0.3, 0.4) is 0 Å². The zero-order chi connectivity index (χ0) is 18.7. The molecule has 0 saturated carbocycles. The topological polar surface area (TPSA) is 98.4 Å². The van der Waals surface area contributed by atoms with Gasteiger partial charge in [0.2, 0.25) is 5.91 Å². The lowest BCUT2D eigenvalue weighted by molar-refractivity contribution is -0.127. The van der Waals surface area contributed by atoms with E-state index in [1.54, 1.807) is 30.1 Å². The highest BCUT2D eigenvalue weighted by molar-refractivity contribution is 5.79. The molecule has 1 aliphatic rings. The molecule has 2 aromatic rings. The van der Waals surface area contributed by atoms with Gasteiger partial charge >= 0.3 is 6.03 Å². The smallest absolute Gasteiger partial charge is 0.317 e. The van der Waals surface area contributed by atoms with Gasteiger partial charge in [-0.25, -0.2) is 9.78 Å². The van der Waals surface area contributed by atoms with Gasteiger partial charge in [0.25, 0.3) is 5.56 Å². The van der Waals surface area contributed by atoms with Crippen molar-refractivity contribution in [3.63, 3.8) is 0 Å². The molecule has 3 amide bonds. The molecule has 8 nitrogen and oxygen atoms in total. The third-order valence-corrected chi connectivity index (χ3v) is 4.61. The first-order valence-corrected chi connectivity index (χ1v) is 8.72. The van der Waals surface area contributed by atoms with E-state index in [2.05, 4.69) is 15.3 Å². The van der Waals surface area contributed by atoms with Crippen LogP contribution in [-0.4, -0.2) is 58.4 Å². The first-order valence-electron chi connectivity index (χ1n) is 8.72. The lowest BCUT2D eigenvalue weighted by Crippen LogP contribution is -2.40. The van der Waals surface area contributed by atoms with Gasteiger partial charge in [0, 0.05) is 39.0 Å². The maximum absolute atomic E-state index is 12.3. The first-order chi connectivity index (χ1) is 12.5. The van der Waals surface area contributed by atoms with Gasteiger partial charge in [-0.1, -0.05) is 12.1 Å². The van der Waals surface area contributed by atoms with Crippen molar-refractivity contribution >= 4 is 22.8 Å². The number of rotatable bonds is 5. The SMILES string of the molecule is CCN1C[C@@H](CNC(=O)N(C)Cc2nc3ccccc3c(=O)[nH]2)CC1=O. The highest BCUT2D eigenvalue weighted by atomic mass is 16.2. The van der Waals surface area contributed by atoms with Gasteiger partial charge in [0.1, 0.15) is 5.82 Å². The Labute approximate surface area is 151 Å². The maximum Gasteiger partial charge on any atom is 0.317 e. The van der Waals surface area contributed by atoms with Crippen LogP contribution < -0.4 is 10.9 Å². The molecule has 0 spiro atoms. The average molecular weight is 357 g/mol.